The summed E-state index contributed by atoms with van der Waals surface area (Å²) in [6.07, 6.45) is 14.2. The predicted molar refractivity (Wildman–Crippen MR) is 117 cm³/mol. The van der Waals surface area contributed by atoms with Gasteiger partial charge in [0.05, 0.1) is 0 Å². The molecule has 4 fully saturated rings. The van der Waals surface area contributed by atoms with Gasteiger partial charge in [0.15, 0.2) is 0 Å². The largest absolute Gasteiger partial charge is 0.491 e. The fourth-order valence-electron chi connectivity index (χ4n) is 7.80. The smallest absolute Gasteiger partial charge is 0.119 e. The summed E-state index contributed by atoms with van der Waals surface area (Å²) in [5, 5.41) is 14.1. The van der Waals surface area contributed by atoms with Crippen LogP contribution < -0.4 is 10.1 Å². The summed E-state index contributed by atoms with van der Waals surface area (Å²) in [5.74, 6) is 6.81. The topological polar surface area (TPSA) is 41.5 Å². The van der Waals surface area contributed by atoms with Crippen LogP contribution in [0.5, 0.6) is 5.75 Å². The van der Waals surface area contributed by atoms with Crippen LogP contribution in [0.4, 0.5) is 0 Å². The number of ether oxygens (including phenoxy) is 1. The second-order valence-corrected chi connectivity index (χ2v) is 10.4. The molecular weight excluding hydrogens is 358 g/mol. The molecule has 4 aliphatic rings. The Hall–Kier alpha value is -1.06. The summed E-state index contributed by atoms with van der Waals surface area (Å²) < 4.78 is 5.72. The van der Waals surface area contributed by atoms with Crippen molar-refractivity contribution in [2.45, 2.75) is 76.4 Å². The Bertz CT molecular complexity index is 649. The molecule has 0 unspecified atom stereocenters. The molecule has 5 rings (SSSR count). The molecule has 3 heteroatoms. The fraction of sp³-hybridized carbons (Fsp3) is 0.769. The molecule has 0 bridgehead atoms. The lowest BCUT2D eigenvalue weighted by molar-refractivity contribution is -0.0223. The van der Waals surface area contributed by atoms with Gasteiger partial charge in [0.2, 0.25) is 0 Å². The molecule has 8 atom stereocenters. The molecule has 29 heavy (non-hydrogen) atoms. The maximum Gasteiger partial charge on any atom is 0.119 e. The van der Waals surface area contributed by atoms with Crippen LogP contribution in [0, 0.1) is 35.5 Å². The van der Waals surface area contributed by atoms with Crippen molar-refractivity contribution in [3.05, 3.63) is 30.3 Å². The van der Waals surface area contributed by atoms with Crippen molar-refractivity contribution in [3.8, 4) is 5.75 Å². The molecule has 0 amide bonds. The lowest BCUT2D eigenvalue weighted by Crippen LogP contribution is -2.47. The first-order valence-electron chi connectivity index (χ1n) is 12.4. The van der Waals surface area contributed by atoms with Crippen LogP contribution in [-0.2, 0) is 0 Å². The second kappa shape index (κ2) is 8.98. The first kappa shape index (κ1) is 19.9. The zero-order valence-corrected chi connectivity index (χ0v) is 17.8. The summed E-state index contributed by atoms with van der Waals surface area (Å²) in [6.45, 7) is 1.02. The van der Waals surface area contributed by atoms with Crippen LogP contribution in [0.1, 0.15) is 64.2 Å². The third kappa shape index (κ3) is 4.23. The SMILES string of the molecule is O[C@H](CN[C@@H]1CC[C@H]2[C@H]3CC[C@H]4CCCC[C@@H]4[C@@H]3CC[C@@H]21)COc1ccccc1. The van der Waals surface area contributed by atoms with E-state index in [1.165, 1.54) is 64.2 Å². The predicted octanol–water partition coefficient (Wildman–Crippen LogP) is 5.04. The van der Waals surface area contributed by atoms with Crippen LogP contribution in [0.15, 0.2) is 30.3 Å². The summed E-state index contributed by atoms with van der Waals surface area (Å²) in [6, 6.07) is 10.4. The molecule has 0 aromatic heterocycles. The number of para-hydroxylation sites is 1. The minimum Gasteiger partial charge on any atom is -0.491 e. The standard InChI is InChI=1S/C26H39NO2/c28-19(17-29-20-7-2-1-3-8-20)16-27-26-15-14-24-23-11-10-18-6-4-5-9-21(18)22(23)12-13-25(24)26/h1-3,7-8,18-19,21-28H,4-6,9-17H2/t18-,19-,21+,22+,23+,24+,25+,26-/m1/s1. The number of benzene rings is 1. The van der Waals surface area contributed by atoms with Crippen LogP contribution in [0.2, 0.25) is 0 Å². The molecule has 3 nitrogen and oxygen atoms in total. The van der Waals surface area contributed by atoms with Gasteiger partial charge >= 0.3 is 0 Å². The zero-order valence-electron chi connectivity index (χ0n) is 17.8. The van der Waals surface area contributed by atoms with E-state index in [-0.39, 0.29) is 0 Å². The number of nitrogens with one attached hydrogen (secondary N) is 1. The number of aliphatic hydroxyl groups is 1. The van der Waals surface area contributed by atoms with Gasteiger partial charge in [-0.3, -0.25) is 0 Å². The summed E-state index contributed by atoms with van der Waals surface area (Å²) in [7, 11) is 0. The van der Waals surface area contributed by atoms with Crippen molar-refractivity contribution in [3.63, 3.8) is 0 Å². The van der Waals surface area contributed by atoms with Gasteiger partial charge in [-0.2, -0.15) is 0 Å². The molecule has 0 spiro atoms. The van der Waals surface area contributed by atoms with Gasteiger partial charge in [0.25, 0.3) is 0 Å². The highest BCUT2D eigenvalue weighted by atomic mass is 16.5. The van der Waals surface area contributed by atoms with Gasteiger partial charge in [-0.05, 0) is 92.6 Å². The van der Waals surface area contributed by atoms with E-state index in [0.29, 0.717) is 19.2 Å². The minimum atomic E-state index is -0.441. The van der Waals surface area contributed by atoms with Gasteiger partial charge in [-0.1, -0.05) is 37.5 Å². The van der Waals surface area contributed by atoms with Crippen molar-refractivity contribution in [2.24, 2.45) is 35.5 Å². The van der Waals surface area contributed by atoms with E-state index in [1.807, 2.05) is 30.3 Å². The van der Waals surface area contributed by atoms with Gasteiger partial charge < -0.3 is 15.2 Å². The number of rotatable bonds is 6. The van der Waals surface area contributed by atoms with Crippen molar-refractivity contribution < 1.29 is 9.84 Å². The molecule has 2 N–H and O–H groups in total. The molecule has 0 saturated heterocycles. The van der Waals surface area contributed by atoms with E-state index in [0.717, 1.165) is 41.3 Å². The number of hydrogen-bond acceptors (Lipinski definition) is 3. The van der Waals surface area contributed by atoms with E-state index in [9.17, 15) is 5.11 Å². The number of fused-ring (bicyclic) bond motifs is 5. The third-order valence-electron chi connectivity index (χ3n) is 9.00. The van der Waals surface area contributed by atoms with E-state index in [2.05, 4.69) is 5.32 Å². The quantitative estimate of drug-likeness (QED) is 0.707. The monoisotopic (exact) mass is 397 g/mol. The molecule has 4 saturated carbocycles. The van der Waals surface area contributed by atoms with Crippen LogP contribution >= 0.6 is 0 Å². The van der Waals surface area contributed by atoms with Crippen molar-refractivity contribution in [2.75, 3.05) is 13.2 Å². The molecule has 1 aromatic carbocycles. The maximum absolute atomic E-state index is 10.4. The molecule has 0 heterocycles. The lowest BCUT2D eigenvalue weighted by Gasteiger charge is -2.52. The Labute approximate surface area is 176 Å². The van der Waals surface area contributed by atoms with Crippen molar-refractivity contribution in [1.82, 2.24) is 5.32 Å². The highest BCUT2D eigenvalue weighted by Crippen LogP contribution is 2.57. The first-order chi connectivity index (χ1) is 14.3. The molecule has 1 aromatic rings. The number of aliphatic hydroxyl groups excluding tert-OH is 1. The summed E-state index contributed by atoms with van der Waals surface area (Å²) in [5.41, 5.74) is 0. The fourth-order valence-corrected chi connectivity index (χ4v) is 7.80. The van der Waals surface area contributed by atoms with Gasteiger partial charge in [0, 0.05) is 12.6 Å². The summed E-state index contributed by atoms with van der Waals surface area (Å²) in [4.78, 5) is 0. The van der Waals surface area contributed by atoms with Crippen molar-refractivity contribution >= 4 is 0 Å². The Morgan fingerprint density at radius 3 is 2.38 bits per heavy atom. The first-order valence-corrected chi connectivity index (χ1v) is 12.4. The molecule has 0 aliphatic heterocycles. The highest BCUT2D eigenvalue weighted by molar-refractivity contribution is 5.20. The van der Waals surface area contributed by atoms with Gasteiger partial charge in [0.1, 0.15) is 18.5 Å². The summed E-state index contributed by atoms with van der Waals surface area (Å²) >= 11 is 0. The maximum atomic E-state index is 10.4. The molecular formula is C26H39NO2. The van der Waals surface area contributed by atoms with E-state index in [1.54, 1.807) is 0 Å². The van der Waals surface area contributed by atoms with Gasteiger partial charge in [-0.15, -0.1) is 0 Å². The van der Waals surface area contributed by atoms with Crippen LogP contribution in [-0.4, -0.2) is 30.4 Å². The van der Waals surface area contributed by atoms with Gasteiger partial charge in [-0.25, -0.2) is 0 Å². The van der Waals surface area contributed by atoms with E-state index < -0.39 is 6.10 Å². The highest BCUT2D eigenvalue weighted by Gasteiger charge is 2.50. The second-order valence-electron chi connectivity index (χ2n) is 10.4. The van der Waals surface area contributed by atoms with Crippen LogP contribution in [0.3, 0.4) is 0 Å². The molecule has 4 aliphatic carbocycles. The average molecular weight is 398 g/mol. The zero-order chi connectivity index (χ0) is 19.6. The minimum absolute atomic E-state index is 0.367. The Balaban J connectivity index is 1.12. The normalized spacial score (nSPS) is 39.8. The average Bonchev–Trinajstić information content (AvgIpc) is 3.20. The van der Waals surface area contributed by atoms with E-state index >= 15 is 0 Å². The molecule has 160 valence electrons. The Morgan fingerprint density at radius 2 is 1.48 bits per heavy atom. The third-order valence-corrected chi connectivity index (χ3v) is 9.00. The Morgan fingerprint density at radius 1 is 0.793 bits per heavy atom. The number of hydrogen-bond donors (Lipinski definition) is 2. The Kier molecular flexibility index (Phi) is 6.15. The van der Waals surface area contributed by atoms with E-state index in [4.69, 9.17) is 4.74 Å². The van der Waals surface area contributed by atoms with Crippen molar-refractivity contribution in [1.29, 1.82) is 0 Å². The lowest BCUT2D eigenvalue weighted by atomic mass is 9.53. The van der Waals surface area contributed by atoms with Crippen LogP contribution in [0.25, 0.3) is 0 Å². The molecule has 0 radical (unpaired) electrons.